The number of unbranched alkanes of at least 4 members (excludes halogenated alkanes) is 5. The van der Waals surface area contributed by atoms with Crippen molar-refractivity contribution in [3.05, 3.63) is 22.3 Å². The molecule has 35 heavy (non-hydrogen) atoms. The van der Waals surface area contributed by atoms with Crippen LogP contribution in [0.1, 0.15) is 131 Å². The number of hydrogen-bond donors (Lipinski definition) is 0. The predicted octanol–water partition coefficient (Wildman–Crippen LogP) is 9.76. The Hall–Kier alpha value is -0.760. The maximum Gasteiger partial charge on any atom is 0.335 e. The number of hydrogen-bond acceptors (Lipinski definition) is 2. The van der Waals surface area contributed by atoms with E-state index >= 15 is 0 Å². The second kappa shape index (κ2) is 11.3. The SMILES string of the molecule is CCCCCCCC[C@@H]1CC[C@@H]2[C@H]3CC=C4C[C@@H](OC(=O)/C(C)=C(/C)Cl)CC[C@]4(C)[C@H]3CC[C@]12C. The zero-order valence-corrected chi connectivity index (χ0v) is 24.0. The molecule has 3 heteroatoms. The van der Waals surface area contributed by atoms with Gasteiger partial charge >= 0.3 is 5.97 Å². The minimum atomic E-state index is -0.240. The van der Waals surface area contributed by atoms with E-state index in [2.05, 4.69) is 26.8 Å². The Kier molecular flexibility index (Phi) is 8.82. The molecular formula is C32H51ClO2. The van der Waals surface area contributed by atoms with Gasteiger partial charge in [0.25, 0.3) is 0 Å². The van der Waals surface area contributed by atoms with Gasteiger partial charge in [0.05, 0.1) is 0 Å². The highest BCUT2D eigenvalue weighted by Crippen LogP contribution is 2.66. The minimum Gasteiger partial charge on any atom is -0.459 e. The highest BCUT2D eigenvalue weighted by molar-refractivity contribution is 6.31. The van der Waals surface area contributed by atoms with Gasteiger partial charge in [0, 0.05) is 17.0 Å². The molecule has 4 aliphatic carbocycles. The molecule has 0 bridgehead atoms. The van der Waals surface area contributed by atoms with Crippen LogP contribution in [0.2, 0.25) is 0 Å². The summed E-state index contributed by atoms with van der Waals surface area (Å²) in [6.45, 7) is 11.1. The molecule has 2 nitrogen and oxygen atoms in total. The zero-order valence-electron chi connectivity index (χ0n) is 23.3. The molecule has 7 atom stereocenters. The molecule has 3 fully saturated rings. The first-order chi connectivity index (χ1) is 16.7. The quantitative estimate of drug-likeness (QED) is 0.136. The Morgan fingerprint density at radius 2 is 1.74 bits per heavy atom. The van der Waals surface area contributed by atoms with Gasteiger partial charge in [0.2, 0.25) is 0 Å². The zero-order chi connectivity index (χ0) is 25.2. The number of halogens is 1. The summed E-state index contributed by atoms with van der Waals surface area (Å²) in [7, 11) is 0. The molecule has 0 amide bonds. The van der Waals surface area contributed by atoms with E-state index in [9.17, 15) is 4.79 Å². The molecule has 0 aromatic rings. The fourth-order valence-electron chi connectivity index (χ4n) is 8.86. The third-order valence-corrected chi connectivity index (χ3v) is 11.5. The third kappa shape index (κ3) is 5.44. The van der Waals surface area contributed by atoms with Gasteiger partial charge in [-0.1, -0.05) is 82.5 Å². The number of esters is 1. The number of rotatable bonds is 9. The Morgan fingerprint density at radius 3 is 2.49 bits per heavy atom. The van der Waals surface area contributed by atoms with Crippen LogP contribution in [0.5, 0.6) is 0 Å². The standard InChI is InChI=1S/C32H51ClO2/c1-6-7-8-9-10-11-12-24-14-16-28-27-15-13-25-21-26(35-30(34)22(2)23(3)33)17-19-32(25,5)29(27)18-20-31(24,28)4/h13,24,26-29H,6-12,14-21H2,1-5H3/b23-22-/t24-,26+,27-,28-,29+,31-,32+/m1/s1. The number of allylic oxidation sites excluding steroid dienone is 2. The van der Waals surface area contributed by atoms with Gasteiger partial charge in [-0.25, -0.2) is 4.79 Å². The lowest BCUT2D eigenvalue weighted by Gasteiger charge is -2.58. The smallest absolute Gasteiger partial charge is 0.335 e. The summed E-state index contributed by atoms with van der Waals surface area (Å²) in [6.07, 6.45) is 22.7. The molecule has 0 heterocycles. The van der Waals surface area contributed by atoms with E-state index < -0.39 is 0 Å². The van der Waals surface area contributed by atoms with E-state index in [0.717, 1.165) is 42.9 Å². The van der Waals surface area contributed by atoms with Gasteiger partial charge in [0.15, 0.2) is 0 Å². The van der Waals surface area contributed by atoms with Crippen LogP contribution in [0.15, 0.2) is 22.3 Å². The first-order valence-electron chi connectivity index (χ1n) is 14.9. The van der Waals surface area contributed by atoms with Crippen molar-refractivity contribution in [2.24, 2.45) is 34.5 Å². The van der Waals surface area contributed by atoms with Crippen molar-refractivity contribution in [2.45, 2.75) is 137 Å². The second-order valence-electron chi connectivity index (χ2n) is 13.1. The summed E-state index contributed by atoms with van der Waals surface area (Å²) < 4.78 is 5.89. The lowest BCUT2D eigenvalue weighted by Crippen LogP contribution is -2.50. The van der Waals surface area contributed by atoms with Crippen molar-refractivity contribution in [2.75, 3.05) is 0 Å². The highest BCUT2D eigenvalue weighted by Gasteiger charge is 2.58. The molecule has 0 aliphatic heterocycles. The van der Waals surface area contributed by atoms with Crippen LogP contribution in [-0.2, 0) is 9.53 Å². The lowest BCUT2D eigenvalue weighted by atomic mass is 9.47. The fraction of sp³-hybridized carbons (Fsp3) is 0.844. The normalized spacial score (nSPS) is 39.1. The van der Waals surface area contributed by atoms with Crippen LogP contribution in [0.4, 0.5) is 0 Å². The van der Waals surface area contributed by atoms with Crippen molar-refractivity contribution < 1.29 is 9.53 Å². The van der Waals surface area contributed by atoms with E-state index in [1.807, 2.05) is 0 Å². The average molecular weight is 503 g/mol. The van der Waals surface area contributed by atoms with Crippen molar-refractivity contribution in [1.82, 2.24) is 0 Å². The maximum atomic E-state index is 12.5. The molecular weight excluding hydrogens is 452 g/mol. The Balaban J connectivity index is 1.38. The first kappa shape index (κ1) is 27.3. The van der Waals surface area contributed by atoms with Crippen LogP contribution < -0.4 is 0 Å². The van der Waals surface area contributed by atoms with Crippen molar-refractivity contribution in [3.8, 4) is 0 Å². The molecule has 0 N–H and O–H groups in total. The molecule has 3 saturated carbocycles. The van der Waals surface area contributed by atoms with Crippen LogP contribution in [0.3, 0.4) is 0 Å². The molecule has 4 rings (SSSR count). The summed E-state index contributed by atoms with van der Waals surface area (Å²) in [5.41, 5.74) is 3.00. The van der Waals surface area contributed by atoms with Crippen LogP contribution in [0, 0.1) is 34.5 Å². The summed E-state index contributed by atoms with van der Waals surface area (Å²) in [6, 6.07) is 0. The van der Waals surface area contributed by atoms with Crippen molar-refractivity contribution in [3.63, 3.8) is 0 Å². The van der Waals surface area contributed by atoms with E-state index in [-0.39, 0.29) is 12.1 Å². The van der Waals surface area contributed by atoms with Gasteiger partial charge in [0.1, 0.15) is 6.10 Å². The van der Waals surface area contributed by atoms with E-state index in [4.69, 9.17) is 16.3 Å². The number of carbonyl (C=O) groups excluding carboxylic acids is 1. The number of ether oxygens (including phenoxy) is 1. The van der Waals surface area contributed by atoms with Gasteiger partial charge in [-0.3, -0.25) is 0 Å². The Bertz CT molecular complexity index is 823. The van der Waals surface area contributed by atoms with Gasteiger partial charge in [-0.2, -0.15) is 0 Å². The maximum absolute atomic E-state index is 12.5. The topological polar surface area (TPSA) is 26.3 Å². The molecule has 0 aromatic heterocycles. The first-order valence-corrected chi connectivity index (χ1v) is 15.3. The van der Waals surface area contributed by atoms with Crippen LogP contribution in [-0.4, -0.2) is 12.1 Å². The van der Waals surface area contributed by atoms with Crippen molar-refractivity contribution in [1.29, 1.82) is 0 Å². The molecule has 0 radical (unpaired) electrons. The molecule has 198 valence electrons. The van der Waals surface area contributed by atoms with Crippen LogP contribution >= 0.6 is 11.6 Å². The second-order valence-corrected chi connectivity index (χ2v) is 13.6. The molecule has 0 spiro atoms. The van der Waals surface area contributed by atoms with Gasteiger partial charge in [-0.15, -0.1) is 0 Å². The minimum absolute atomic E-state index is 0.00591. The van der Waals surface area contributed by atoms with E-state index in [1.54, 1.807) is 19.4 Å². The molecule has 0 aromatic carbocycles. The van der Waals surface area contributed by atoms with E-state index in [0.29, 0.717) is 21.4 Å². The summed E-state index contributed by atoms with van der Waals surface area (Å²) in [5, 5.41) is 0.534. The predicted molar refractivity (Wildman–Crippen MR) is 147 cm³/mol. The lowest BCUT2D eigenvalue weighted by molar-refractivity contribution is -0.146. The summed E-state index contributed by atoms with van der Waals surface area (Å²) in [5.74, 6) is 3.30. The van der Waals surface area contributed by atoms with Crippen LogP contribution in [0.25, 0.3) is 0 Å². The average Bonchev–Trinajstić information content (AvgIpc) is 3.17. The largest absolute Gasteiger partial charge is 0.459 e. The monoisotopic (exact) mass is 502 g/mol. The highest BCUT2D eigenvalue weighted by atomic mass is 35.5. The number of fused-ring (bicyclic) bond motifs is 5. The Morgan fingerprint density at radius 1 is 1.00 bits per heavy atom. The Labute approximate surface area is 220 Å². The van der Waals surface area contributed by atoms with Gasteiger partial charge < -0.3 is 4.74 Å². The third-order valence-electron chi connectivity index (χ3n) is 11.3. The van der Waals surface area contributed by atoms with Crippen molar-refractivity contribution >= 4 is 17.6 Å². The molecule has 4 aliphatic rings. The van der Waals surface area contributed by atoms with Gasteiger partial charge in [-0.05, 0) is 99.7 Å². The number of carbonyl (C=O) groups is 1. The van der Waals surface area contributed by atoms with E-state index in [1.165, 1.54) is 77.0 Å². The summed E-state index contributed by atoms with van der Waals surface area (Å²) in [4.78, 5) is 12.5. The fourth-order valence-corrected chi connectivity index (χ4v) is 8.94. The molecule has 0 unspecified atom stereocenters. The summed E-state index contributed by atoms with van der Waals surface area (Å²) >= 11 is 6.04. The molecule has 0 saturated heterocycles.